The highest BCUT2D eigenvalue weighted by atomic mass is 127. The molecule has 120 valence electrons. The average Bonchev–Trinajstić information content (AvgIpc) is 3.13. The third kappa shape index (κ3) is 4.84. The third-order valence-electron chi connectivity index (χ3n) is 3.92. The van der Waals surface area contributed by atoms with E-state index < -0.39 is 0 Å². The molecule has 1 aliphatic rings. The van der Waals surface area contributed by atoms with E-state index >= 15 is 0 Å². The number of likely N-dealkylation sites (N-methyl/N-ethyl adjacent to an activating group) is 1. The lowest BCUT2D eigenvalue weighted by Crippen LogP contribution is -2.43. The van der Waals surface area contributed by atoms with E-state index in [9.17, 15) is 0 Å². The zero-order valence-electron chi connectivity index (χ0n) is 13.1. The van der Waals surface area contributed by atoms with Gasteiger partial charge in [0.1, 0.15) is 12.0 Å². The number of hydrogen-bond acceptors (Lipinski definition) is 4. The molecule has 1 aromatic rings. The number of hydrogen-bond donors (Lipinski definition) is 1. The fourth-order valence-corrected chi connectivity index (χ4v) is 2.80. The first-order chi connectivity index (χ1) is 9.78. The van der Waals surface area contributed by atoms with Crippen molar-refractivity contribution in [1.29, 1.82) is 0 Å². The van der Waals surface area contributed by atoms with Crippen molar-refractivity contribution in [2.45, 2.75) is 32.9 Å². The lowest BCUT2D eigenvalue weighted by molar-refractivity contribution is 0.223. The quantitative estimate of drug-likeness (QED) is 0.458. The molecule has 1 fully saturated rings. The number of nitrogens with zero attached hydrogens (tertiary/aromatic N) is 4. The SMILES string of the molecule is CCN(CC)C1CCN(C(=NC)NCc2ccon2)C1.I. The van der Waals surface area contributed by atoms with Crippen LogP contribution in [0.15, 0.2) is 21.8 Å². The van der Waals surface area contributed by atoms with E-state index in [1.165, 1.54) is 6.42 Å². The molecule has 0 aliphatic carbocycles. The molecule has 2 rings (SSSR count). The smallest absolute Gasteiger partial charge is 0.194 e. The molecule has 0 saturated carbocycles. The molecule has 0 radical (unpaired) electrons. The largest absolute Gasteiger partial charge is 0.364 e. The molecule has 0 amide bonds. The van der Waals surface area contributed by atoms with Crippen molar-refractivity contribution < 1.29 is 4.52 Å². The van der Waals surface area contributed by atoms with Crippen molar-refractivity contribution in [2.75, 3.05) is 33.2 Å². The summed E-state index contributed by atoms with van der Waals surface area (Å²) in [5.41, 5.74) is 0.894. The number of aliphatic imine (C=N–C) groups is 1. The Morgan fingerprint density at radius 1 is 1.52 bits per heavy atom. The summed E-state index contributed by atoms with van der Waals surface area (Å²) in [7, 11) is 1.83. The van der Waals surface area contributed by atoms with Gasteiger partial charge >= 0.3 is 0 Å². The lowest BCUT2D eigenvalue weighted by atomic mass is 10.2. The Morgan fingerprint density at radius 3 is 2.86 bits per heavy atom. The number of likely N-dealkylation sites (tertiary alicyclic amines) is 1. The van der Waals surface area contributed by atoms with Gasteiger partial charge in [0.25, 0.3) is 0 Å². The van der Waals surface area contributed by atoms with E-state index in [1.807, 2.05) is 13.1 Å². The Balaban J connectivity index is 0.00000220. The molecule has 0 spiro atoms. The van der Waals surface area contributed by atoms with Crippen molar-refractivity contribution in [2.24, 2.45) is 4.99 Å². The van der Waals surface area contributed by atoms with Crippen LogP contribution in [-0.4, -0.2) is 60.2 Å². The van der Waals surface area contributed by atoms with Gasteiger partial charge in [0.2, 0.25) is 0 Å². The van der Waals surface area contributed by atoms with E-state index in [0.717, 1.165) is 37.8 Å². The fraction of sp³-hybridized carbons (Fsp3) is 0.714. The monoisotopic (exact) mass is 407 g/mol. The van der Waals surface area contributed by atoms with Crippen LogP contribution in [-0.2, 0) is 6.54 Å². The Hall–Kier alpha value is -0.830. The minimum atomic E-state index is 0. The second-order valence-corrected chi connectivity index (χ2v) is 5.00. The van der Waals surface area contributed by atoms with Crippen LogP contribution < -0.4 is 5.32 Å². The summed E-state index contributed by atoms with van der Waals surface area (Å²) in [5, 5.41) is 7.24. The van der Waals surface area contributed by atoms with Crippen LogP contribution in [0.4, 0.5) is 0 Å². The minimum absolute atomic E-state index is 0. The van der Waals surface area contributed by atoms with Gasteiger partial charge in [0.05, 0.1) is 6.54 Å². The highest BCUT2D eigenvalue weighted by molar-refractivity contribution is 14.0. The van der Waals surface area contributed by atoms with Crippen LogP contribution in [0.1, 0.15) is 26.0 Å². The molecule has 0 aromatic carbocycles. The molecule has 0 bridgehead atoms. The van der Waals surface area contributed by atoms with Crippen molar-refractivity contribution in [1.82, 2.24) is 20.3 Å². The third-order valence-corrected chi connectivity index (χ3v) is 3.92. The van der Waals surface area contributed by atoms with E-state index in [-0.39, 0.29) is 24.0 Å². The van der Waals surface area contributed by atoms with Crippen LogP contribution in [0.2, 0.25) is 0 Å². The van der Waals surface area contributed by atoms with Crippen molar-refractivity contribution in [3.05, 3.63) is 18.0 Å². The number of nitrogens with one attached hydrogen (secondary N) is 1. The van der Waals surface area contributed by atoms with Gasteiger partial charge in [-0.05, 0) is 19.5 Å². The maximum Gasteiger partial charge on any atom is 0.194 e. The molecule has 1 unspecified atom stereocenters. The number of aromatic nitrogens is 1. The van der Waals surface area contributed by atoms with E-state index in [0.29, 0.717) is 12.6 Å². The van der Waals surface area contributed by atoms with Crippen LogP contribution in [0.25, 0.3) is 0 Å². The van der Waals surface area contributed by atoms with Gasteiger partial charge in [-0.25, -0.2) is 0 Å². The van der Waals surface area contributed by atoms with Crippen LogP contribution in [0.3, 0.4) is 0 Å². The predicted molar refractivity (Wildman–Crippen MR) is 95.0 cm³/mol. The summed E-state index contributed by atoms with van der Waals surface area (Å²) in [6, 6.07) is 2.50. The highest BCUT2D eigenvalue weighted by Gasteiger charge is 2.27. The Morgan fingerprint density at radius 2 is 2.29 bits per heavy atom. The number of guanidine groups is 1. The molecule has 21 heavy (non-hydrogen) atoms. The molecule has 7 heteroatoms. The zero-order valence-corrected chi connectivity index (χ0v) is 15.4. The second-order valence-electron chi connectivity index (χ2n) is 5.00. The first-order valence-corrected chi connectivity index (χ1v) is 7.37. The number of halogens is 1. The summed E-state index contributed by atoms with van der Waals surface area (Å²) in [6.07, 6.45) is 2.79. The number of rotatable bonds is 5. The van der Waals surface area contributed by atoms with E-state index in [1.54, 1.807) is 6.26 Å². The Kier molecular flexibility index (Phi) is 8.02. The summed E-state index contributed by atoms with van der Waals surface area (Å²) in [5.74, 6) is 0.947. The van der Waals surface area contributed by atoms with Gasteiger partial charge in [0, 0.05) is 32.2 Å². The molecule has 1 aliphatic heterocycles. The van der Waals surface area contributed by atoms with Gasteiger partial charge in [-0.1, -0.05) is 19.0 Å². The Bertz CT molecular complexity index is 419. The average molecular weight is 407 g/mol. The van der Waals surface area contributed by atoms with Crippen molar-refractivity contribution in [3.8, 4) is 0 Å². The standard InChI is InChI=1S/C14H25N5O.HI/c1-4-18(5-2)13-6-8-19(11-13)14(15-3)16-10-12-7-9-20-17-12;/h7,9,13H,4-6,8,10-11H2,1-3H3,(H,15,16);1H. The molecule has 1 atom stereocenters. The topological polar surface area (TPSA) is 56.9 Å². The van der Waals surface area contributed by atoms with E-state index in [2.05, 4.69) is 39.1 Å². The van der Waals surface area contributed by atoms with Crippen LogP contribution in [0.5, 0.6) is 0 Å². The summed E-state index contributed by atoms with van der Waals surface area (Å²) in [6.45, 7) is 9.42. The van der Waals surface area contributed by atoms with Gasteiger partial charge < -0.3 is 14.7 Å². The Labute approximate surface area is 144 Å². The predicted octanol–water partition coefficient (Wildman–Crippen LogP) is 1.78. The molecular weight excluding hydrogens is 381 g/mol. The summed E-state index contributed by atoms with van der Waals surface area (Å²) >= 11 is 0. The first kappa shape index (κ1) is 18.2. The fourth-order valence-electron chi connectivity index (χ4n) is 2.80. The zero-order chi connectivity index (χ0) is 14.4. The molecule has 1 saturated heterocycles. The van der Waals surface area contributed by atoms with Crippen LogP contribution >= 0.6 is 24.0 Å². The molecule has 1 aromatic heterocycles. The molecular formula is C14H26IN5O. The maximum absolute atomic E-state index is 4.83. The van der Waals surface area contributed by atoms with Gasteiger partial charge in [0.15, 0.2) is 5.96 Å². The van der Waals surface area contributed by atoms with Gasteiger partial charge in [-0.3, -0.25) is 9.89 Å². The lowest BCUT2D eigenvalue weighted by Gasteiger charge is -2.27. The van der Waals surface area contributed by atoms with Gasteiger partial charge in [-0.2, -0.15) is 0 Å². The molecule has 2 heterocycles. The second kappa shape index (κ2) is 9.24. The van der Waals surface area contributed by atoms with Crippen LogP contribution in [0, 0.1) is 0 Å². The highest BCUT2D eigenvalue weighted by Crippen LogP contribution is 2.15. The van der Waals surface area contributed by atoms with Crippen molar-refractivity contribution >= 4 is 29.9 Å². The molecule has 6 nitrogen and oxygen atoms in total. The summed E-state index contributed by atoms with van der Waals surface area (Å²) < 4.78 is 4.83. The van der Waals surface area contributed by atoms with E-state index in [4.69, 9.17) is 4.52 Å². The first-order valence-electron chi connectivity index (χ1n) is 7.37. The normalized spacial score (nSPS) is 19.0. The van der Waals surface area contributed by atoms with Gasteiger partial charge in [-0.15, -0.1) is 24.0 Å². The summed E-state index contributed by atoms with van der Waals surface area (Å²) in [4.78, 5) is 9.21. The minimum Gasteiger partial charge on any atom is -0.364 e. The maximum atomic E-state index is 4.83. The van der Waals surface area contributed by atoms with Crippen molar-refractivity contribution in [3.63, 3.8) is 0 Å². The molecule has 1 N–H and O–H groups in total.